The van der Waals surface area contributed by atoms with Crippen LogP contribution in [0.4, 0.5) is 0 Å². The van der Waals surface area contributed by atoms with Gasteiger partial charge in [0.2, 0.25) is 0 Å². The zero-order valence-electron chi connectivity index (χ0n) is 10.0. The van der Waals surface area contributed by atoms with E-state index in [2.05, 4.69) is 0 Å². The molecular weight excluding hydrogens is 236 g/mol. The summed E-state index contributed by atoms with van der Waals surface area (Å²) in [7, 11) is 0. The van der Waals surface area contributed by atoms with Gasteiger partial charge in [-0.3, -0.25) is 4.79 Å². The second-order valence-electron chi connectivity index (χ2n) is 4.93. The lowest BCUT2D eigenvalue weighted by Gasteiger charge is -2.20. The standard InChI is InChI=1S/C14H17ClO2/c1-10-4-5-11(12(15)8-10)9-13(16)14(17)6-2-3-7-14/h4-5,8,17H,2-3,6-7,9H2,1H3. The monoisotopic (exact) mass is 252 g/mol. The van der Waals surface area contributed by atoms with Crippen molar-refractivity contribution in [2.45, 2.75) is 44.6 Å². The van der Waals surface area contributed by atoms with Crippen molar-refractivity contribution in [1.82, 2.24) is 0 Å². The Bertz CT molecular complexity index is 434. The molecule has 2 nitrogen and oxygen atoms in total. The van der Waals surface area contributed by atoms with Crippen LogP contribution in [0.3, 0.4) is 0 Å². The van der Waals surface area contributed by atoms with E-state index in [0.717, 1.165) is 24.0 Å². The minimum absolute atomic E-state index is 0.0965. The number of benzene rings is 1. The topological polar surface area (TPSA) is 37.3 Å². The van der Waals surface area contributed by atoms with Gasteiger partial charge in [0, 0.05) is 11.4 Å². The van der Waals surface area contributed by atoms with Crippen molar-refractivity contribution < 1.29 is 9.90 Å². The molecule has 0 saturated heterocycles. The summed E-state index contributed by atoms with van der Waals surface area (Å²) in [5.74, 6) is -0.0965. The molecule has 0 unspecified atom stereocenters. The Hall–Kier alpha value is -0.860. The Morgan fingerprint density at radius 1 is 1.41 bits per heavy atom. The number of carbonyl (C=O) groups is 1. The largest absolute Gasteiger partial charge is 0.382 e. The van der Waals surface area contributed by atoms with E-state index in [9.17, 15) is 9.90 Å². The Balaban J connectivity index is 2.13. The lowest BCUT2D eigenvalue weighted by Crippen LogP contribution is -2.36. The number of aryl methyl sites for hydroxylation is 1. The normalized spacial score (nSPS) is 18.3. The van der Waals surface area contributed by atoms with Gasteiger partial charge < -0.3 is 5.11 Å². The predicted molar refractivity (Wildman–Crippen MR) is 68.3 cm³/mol. The summed E-state index contributed by atoms with van der Waals surface area (Å²) < 4.78 is 0. The average molecular weight is 253 g/mol. The molecule has 0 radical (unpaired) electrons. The van der Waals surface area contributed by atoms with Crippen LogP contribution >= 0.6 is 11.6 Å². The minimum atomic E-state index is -1.10. The third kappa shape index (κ3) is 2.70. The van der Waals surface area contributed by atoms with Gasteiger partial charge in [-0.15, -0.1) is 0 Å². The second kappa shape index (κ2) is 4.79. The van der Waals surface area contributed by atoms with Crippen LogP contribution in [0.25, 0.3) is 0 Å². The van der Waals surface area contributed by atoms with E-state index >= 15 is 0 Å². The van der Waals surface area contributed by atoms with Gasteiger partial charge in [0.1, 0.15) is 5.60 Å². The molecule has 2 rings (SSSR count). The van der Waals surface area contributed by atoms with Gasteiger partial charge in [0.05, 0.1) is 0 Å². The van der Waals surface area contributed by atoms with Crippen molar-refractivity contribution in [3.8, 4) is 0 Å². The maximum absolute atomic E-state index is 12.1. The Labute approximate surface area is 107 Å². The highest BCUT2D eigenvalue weighted by Gasteiger charge is 2.38. The van der Waals surface area contributed by atoms with E-state index in [1.165, 1.54) is 0 Å². The van der Waals surface area contributed by atoms with Crippen LogP contribution in [-0.2, 0) is 11.2 Å². The predicted octanol–water partition coefficient (Wildman–Crippen LogP) is 3.07. The van der Waals surface area contributed by atoms with Crippen LogP contribution in [0.5, 0.6) is 0 Å². The maximum Gasteiger partial charge on any atom is 0.168 e. The van der Waals surface area contributed by atoms with Crippen LogP contribution in [-0.4, -0.2) is 16.5 Å². The minimum Gasteiger partial charge on any atom is -0.382 e. The summed E-state index contributed by atoms with van der Waals surface area (Å²) in [6.07, 6.45) is 3.29. The highest BCUT2D eigenvalue weighted by molar-refractivity contribution is 6.31. The van der Waals surface area contributed by atoms with Crippen LogP contribution < -0.4 is 0 Å². The van der Waals surface area contributed by atoms with E-state index in [-0.39, 0.29) is 12.2 Å². The van der Waals surface area contributed by atoms with Gasteiger partial charge in [-0.1, -0.05) is 23.7 Å². The highest BCUT2D eigenvalue weighted by atomic mass is 35.5. The first-order valence-electron chi connectivity index (χ1n) is 6.02. The molecule has 1 fully saturated rings. The SMILES string of the molecule is Cc1ccc(CC(=O)C2(O)CCCC2)c(Cl)c1. The molecule has 1 aromatic carbocycles. The fourth-order valence-corrected chi connectivity index (χ4v) is 2.67. The first kappa shape index (κ1) is 12.6. The molecule has 0 aliphatic heterocycles. The number of aliphatic hydroxyl groups is 1. The molecule has 3 heteroatoms. The first-order valence-corrected chi connectivity index (χ1v) is 6.40. The molecule has 1 aliphatic rings. The van der Waals surface area contributed by atoms with Crippen molar-refractivity contribution in [2.75, 3.05) is 0 Å². The van der Waals surface area contributed by atoms with Crippen LogP contribution in [0.1, 0.15) is 36.8 Å². The van der Waals surface area contributed by atoms with Crippen LogP contribution in [0.15, 0.2) is 18.2 Å². The van der Waals surface area contributed by atoms with E-state index in [4.69, 9.17) is 11.6 Å². The number of hydrogen-bond acceptors (Lipinski definition) is 2. The molecule has 1 saturated carbocycles. The average Bonchev–Trinajstić information content (AvgIpc) is 2.71. The number of Topliss-reactive ketones (excluding diaryl/α,β-unsaturated/α-hetero) is 1. The second-order valence-corrected chi connectivity index (χ2v) is 5.34. The lowest BCUT2D eigenvalue weighted by atomic mass is 9.91. The number of ketones is 1. The summed E-state index contributed by atoms with van der Waals surface area (Å²) in [6, 6.07) is 5.66. The Morgan fingerprint density at radius 3 is 2.65 bits per heavy atom. The van der Waals surface area contributed by atoms with Crippen molar-refractivity contribution in [3.05, 3.63) is 34.3 Å². The molecule has 17 heavy (non-hydrogen) atoms. The molecule has 1 N–H and O–H groups in total. The smallest absolute Gasteiger partial charge is 0.168 e. The summed E-state index contributed by atoms with van der Waals surface area (Å²) >= 11 is 6.09. The van der Waals surface area contributed by atoms with E-state index in [1.54, 1.807) is 0 Å². The molecule has 0 amide bonds. The lowest BCUT2D eigenvalue weighted by molar-refractivity contribution is -0.136. The van der Waals surface area contributed by atoms with Gasteiger partial charge >= 0.3 is 0 Å². The maximum atomic E-state index is 12.1. The zero-order chi connectivity index (χ0) is 12.5. The van der Waals surface area contributed by atoms with Gasteiger partial charge in [0.15, 0.2) is 5.78 Å². The number of hydrogen-bond donors (Lipinski definition) is 1. The van der Waals surface area contributed by atoms with E-state index in [1.807, 2.05) is 25.1 Å². The van der Waals surface area contributed by atoms with Crippen molar-refractivity contribution in [3.63, 3.8) is 0 Å². The zero-order valence-corrected chi connectivity index (χ0v) is 10.8. The molecule has 1 aromatic rings. The van der Waals surface area contributed by atoms with Gasteiger partial charge in [-0.2, -0.15) is 0 Å². The van der Waals surface area contributed by atoms with Crippen molar-refractivity contribution >= 4 is 17.4 Å². The third-order valence-electron chi connectivity index (χ3n) is 3.51. The molecule has 0 spiro atoms. The number of halogens is 1. The highest BCUT2D eigenvalue weighted by Crippen LogP contribution is 2.32. The first-order chi connectivity index (χ1) is 8.01. The Morgan fingerprint density at radius 2 is 2.06 bits per heavy atom. The molecule has 0 aromatic heterocycles. The molecular formula is C14H17ClO2. The molecule has 1 aliphatic carbocycles. The molecule has 0 bridgehead atoms. The van der Waals surface area contributed by atoms with E-state index in [0.29, 0.717) is 17.9 Å². The van der Waals surface area contributed by atoms with Crippen molar-refractivity contribution in [2.24, 2.45) is 0 Å². The summed E-state index contributed by atoms with van der Waals surface area (Å²) in [5, 5.41) is 10.8. The van der Waals surface area contributed by atoms with Gasteiger partial charge in [-0.25, -0.2) is 0 Å². The van der Waals surface area contributed by atoms with Gasteiger partial charge in [0.25, 0.3) is 0 Å². The quantitative estimate of drug-likeness (QED) is 0.898. The summed E-state index contributed by atoms with van der Waals surface area (Å²) in [5.41, 5.74) is 0.780. The van der Waals surface area contributed by atoms with Crippen LogP contribution in [0.2, 0.25) is 5.02 Å². The molecule has 0 heterocycles. The third-order valence-corrected chi connectivity index (χ3v) is 3.86. The Kier molecular flexibility index (Phi) is 3.55. The van der Waals surface area contributed by atoms with Crippen molar-refractivity contribution in [1.29, 1.82) is 0 Å². The van der Waals surface area contributed by atoms with E-state index < -0.39 is 5.60 Å². The number of rotatable bonds is 3. The fraction of sp³-hybridized carbons (Fsp3) is 0.500. The summed E-state index contributed by atoms with van der Waals surface area (Å²) in [4.78, 5) is 12.1. The fourth-order valence-electron chi connectivity index (χ4n) is 2.37. The van der Waals surface area contributed by atoms with Gasteiger partial charge in [-0.05, 0) is 49.8 Å². The summed E-state index contributed by atoms with van der Waals surface area (Å²) in [6.45, 7) is 1.96. The number of carbonyl (C=O) groups excluding carboxylic acids is 1. The molecule has 0 atom stereocenters. The molecule has 92 valence electrons. The van der Waals surface area contributed by atoms with Crippen LogP contribution in [0, 0.1) is 6.92 Å².